The Balaban J connectivity index is 3.34. The minimum absolute atomic E-state index is 0.0842. The first-order valence-corrected chi connectivity index (χ1v) is 4.97. The van der Waals surface area contributed by atoms with Gasteiger partial charge in [-0.3, -0.25) is 4.79 Å². The Morgan fingerprint density at radius 1 is 1.29 bits per heavy atom. The Bertz CT molecular complexity index is 405. The SMILES string of the molecule is NCC(CCO)(C(=O)O)c1cc(F)cc(F)c1. The van der Waals surface area contributed by atoms with Crippen molar-refractivity contribution in [2.45, 2.75) is 11.8 Å². The molecule has 0 heterocycles. The van der Waals surface area contributed by atoms with E-state index in [-0.39, 0.29) is 18.5 Å². The summed E-state index contributed by atoms with van der Waals surface area (Å²) in [5.41, 5.74) is 3.64. The van der Waals surface area contributed by atoms with Crippen LogP contribution in [0.25, 0.3) is 0 Å². The number of rotatable bonds is 5. The van der Waals surface area contributed by atoms with E-state index in [0.29, 0.717) is 6.07 Å². The summed E-state index contributed by atoms with van der Waals surface area (Å²) in [6.45, 7) is -0.798. The molecule has 1 unspecified atom stereocenters. The molecule has 0 bridgehead atoms. The number of aliphatic hydroxyl groups is 1. The average Bonchev–Trinajstić information content (AvgIpc) is 2.24. The van der Waals surface area contributed by atoms with E-state index in [1.165, 1.54) is 0 Å². The topological polar surface area (TPSA) is 83.5 Å². The largest absolute Gasteiger partial charge is 0.481 e. The van der Waals surface area contributed by atoms with Gasteiger partial charge in [0.15, 0.2) is 0 Å². The van der Waals surface area contributed by atoms with Crippen molar-refractivity contribution >= 4 is 5.97 Å². The molecule has 94 valence electrons. The first kappa shape index (κ1) is 13.5. The standard InChI is InChI=1S/C11H13F2NO3/c12-8-3-7(4-9(13)5-8)11(6-14,1-2-15)10(16)17/h3-5,15H,1-2,6,14H2,(H,16,17). The maximum absolute atomic E-state index is 13.1. The van der Waals surface area contributed by atoms with Gasteiger partial charge in [-0.1, -0.05) is 0 Å². The van der Waals surface area contributed by atoms with Gasteiger partial charge in [0, 0.05) is 19.2 Å². The summed E-state index contributed by atoms with van der Waals surface area (Å²) in [4.78, 5) is 11.2. The highest BCUT2D eigenvalue weighted by molar-refractivity contribution is 5.81. The van der Waals surface area contributed by atoms with Crippen molar-refractivity contribution in [3.8, 4) is 0 Å². The lowest BCUT2D eigenvalue weighted by Gasteiger charge is -2.27. The number of carbonyl (C=O) groups is 1. The van der Waals surface area contributed by atoms with Gasteiger partial charge in [0.25, 0.3) is 0 Å². The minimum atomic E-state index is -1.67. The number of halogens is 2. The van der Waals surface area contributed by atoms with Crippen LogP contribution in [-0.4, -0.2) is 29.3 Å². The summed E-state index contributed by atoms with van der Waals surface area (Å²) < 4.78 is 26.1. The lowest BCUT2D eigenvalue weighted by atomic mass is 9.77. The van der Waals surface area contributed by atoms with Crippen LogP contribution in [0.2, 0.25) is 0 Å². The molecule has 0 amide bonds. The summed E-state index contributed by atoms with van der Waals surface area (Å²) in [6, 6.07) is 2.48. The molecule has 0 radical (unpaired) electrons. The van der Waals surface area contributed by atoms with E-state index in [1.807, 2.05) is 0 Å². The third kappa shape index (κ3) is 2.59. The summed E-state index contributed by atoms with van der Waals surface area (Å²) in [6.07, 6.45) is -0.207. The number of hydrogen-bond donors (Lipinski definition) is 3. The van der Waals surface area contributed by atoms with E-state index in [4.69, 9.17) is 15.9 Å². The Morgan fingerprint density at radius 3 is 2.18 bits per heavy atom. The van der Waals surface area contributed by atoms with E-state index in [1.54, 1.807) is 0 Å². The molecule has 0 saturated carbocycles. The van der Waals surface area contributed by atoms with Crippen molar-refractivity contribution < 1.29 is 23.8 Å². The van der Waals surface area contributed by atoms with E-state index >= 15 is 0 Å². The molecule has 0 fully saturated rings. The van der Waals surface area contributed by atoms with Gasteiger partial charge < -0.3 is 15.9 Å². The molecule has 4 nitrogen and oxygen atoms in total. The van der Waals surface area contributed by atoms with Crippen molar-refractivity contribution in [1.82, 2.24) is 0 Å². The quantitative estimate of drug-likeness (QED) is 0.710. The number of carboxylic acid groups (broad SMARTS) is 1. The molecule has 0 aliphatic carbocycles. The zero-order valence-electron chi connectivity index (χ0n) is 8.99. The smallest absolute Gasteiger partial charge is 0.315 e. The van der Waals surface area contributed by atoms with Crippen LogP contribution in [0.1, 0.15) is 12.0 Å². The van der Waals surface area contributed by atoms with Gasteiger partial charge in [-0.15, -0.1) is 0 Å². The molecule has 1 aromatic carbocycles. The first-order chi connectivity index (χ1) is 7.96. The van der Waals surface area contributed by atoms with Crippen LogP contribution in [0.5, 0.6) is 0 Å². The second kappa shape index (κ2) is 5.20. The van der Waals surface area contributed by atoms with Crippen LogP contribution >= 0.6 is 0 Å². The van der Waals surface area contributed by atoms with Crippen molar-refractivity contribution in [3.05, 3.63) is 35.4 Å². The number of aliphatic carboxylic acids is 1. The van der Waals surface area contributed by atoms with Crippen molar-refractivity contribution in [1.29, 1.82) is 0 Å². The maximum atomic E-state index is 13.1. The molecule has 17 heavy (non-hydrogen) atoms. The molecule has 0 aliphatic rings. The third-order valence-corrected chi connectivity index (χ3v) is 2.71. The molecule has 1 aromatic rings. The fraction of sp³-hybridized carbons (Fsp3) is 0.364. The Kier molecular flexibility index (Phi) is 4.14. The van der Waals surface area contributed by atoms with Crippen LogP contribution in [-0.2, 0) is 10.2 Å². The summed E-state index contributed by atoms with van der Waals surface area (Å²) >= 11 is 0. The van der Waals surface area contributed by atoms with Crippen molar-refractivity contribution in [3.63, 3.8) is 0 Å². The minimum Gasteiger partial charge on any atom is -0.481 e. The monoisotopic (exact) mass is 245 g/mol. The van der Waals surface area contributed by atoms with E-state index < -0.39 is 29.6 Å². The average molecular weight is 245 g/mol. The van der Waals surface area contributed by atoms with Gasteiger partial charge in [-0.05, 0) is 24.1 Å². The lowest BCUT2D eigenvalue weighted by Crippen LogP contribution is -2.44. The van der Waals surface area contributed by atoms with E-state index in [2.05, 4.69) is 0 Å². The second-order valence-electron chi connectivity index (χ2n) is 3.72. The van der Waals surface area contributed by atoms with Crippen LogP contribution in [0.15, 0.2) is 18.2 Å². The zero-order valence-corrected chi connectivity index (χ0v) is 8.99. The molecule has 1 atom stereocenters. The predicted octanol–water partition coefficient (Wildman–Crippen LogP) is 0.628. The van der Waals surface area contributed by atoms with Crippen LogP contribution in [0.4, 0.5) is 8.78 Å². The molecular weight excluding hydrogens is 232 g/mol. The van der Waals surface area contributed by atoms with Crippen molar-refractivity contribution in [2.75, 3.05) is 13.2 Å². The van der Waals surface area contributed by atoms with Gasteiger partial charge in [-0.2, -0.15) is 0 Å². The van der Waals surface area contributed by atoms with Gasteiger partial charge >= 0.3 is 5.97 Å². The lowest BCUT2D eigenvalue weighted by molar-refractivity contribution is -0.144. The third-order valence-electron chi connectivity index (χ3n) is 2.71. The molecular formula is C11H13F2NO3. The molecule has 1 rings (SSSR count). The molecule has 6 heteroatoms. The number of benzene rings is 1. The van der Waals surface area contributed by atoms with Gasteiger partial charge in [-0.25, -0.2) is 8.78 Å². The number of nitrogens with two attached hydrogens (primary N) is 1. The van der Waals surface area contributed by atoms with Gasteiger partial charge in [0.05, 0.1) is 0 Å². The van der Waals surface area contributed by atoms with Crippen LogP contribution in [0.3, 0.4) is 0 Å². The fourth-order valence-corrected chi connectivity index (χ4v) is 1.70. The first-order valence-electron chi connectivity index (χ1n) is 4.97. The molecule has 0 saturated heterocycles. The van der Waals surface area contributed by atoms with Crippen LogP contribution < -0.4 is 5.73 Å². The highest BCUT2D eigenvalue weighted by atomic mass is 19.1. The Morgan fingerprint density at radius 2 is 1.82 bits per heavy atom. The van der Waals surface area contributed by atoms with Crippen LogP contribution in [0, 0.1) is 11.6 Å². The fourth-order valence-electron chi connectivity index (χ4n) is 1.70. The number of carboxylic acids is 1. The Hall–Kier alpha value is -1.53. The summed E-state index contributed by atoms with van der Waals surface area (Å²) in [7, 11) is 0. The molecule has 0 spiro atoms. The van der Waals surface area contributed by atoms with Gasteiger partial charge in [0.1, 0.15) is 17.0 Å². The molecule has 0 aromatic heterocycles. The number of hydrogen-bond acceptors (Lipinski definition) is 3. The number of aliphatic hydroxyl groups excluding tert-OH is 1. The van der Waals surface area contributed by atoms with Crippen molar-refractivity contribution in [2.24, 2.45) is 5.73 Å². The highest BCUT2D eigenvalue weighted by Gasteiger charge is 2.39. The van der Waals surface area contributed by atoms with E-state index in [9.17, 15) is 13.6 Å². The summed E-state index contributed by atoms with van der Waals surface area (Å²) in [5.74, 6) is -3.08. The summed E-state index contributed by atoms with van der Waals surface area (Å²) in [5, 5.41) is 18.0. The Labute approximate surface area is 96.7 Å². The van der Waals surface area contributed by atoms with E-state index in [0.717, 1.165) is 12.1 Å². The highest BCUT2D eigenvalue weighted by Crippen LogP contribution is 2.28. The second-order valence-corrected chi connectivity index (χ2v) is 3.72. The van der Waals surface area contributed by atoms with Gasteiger partial charge in [0.2, 0.25) is 0 Å². The normalized spacial score (nSPS) is 14.4. The zero-order chi connectivity index (χ0) is 13.1. The molecule has 0 aliphatic heterocycles. The predicted molar refractivity (Wildman–Crippen MR) is 56.4 cm³/mol. The molecule has 4 N–H and O–H groups in total. The maximum Gasteiger partial charge on any atom is 0.315 e.